The van der Waals surface area contributed by atoms with Crippen LogP contribution >= 0.6 is 11.6 Å². The maximum Gasteiger partial charge on any atom is 0.407 e. The van der Waals surface area contributed by atoms with Crippen molar-refractivity contribution in [2.45, 2.75) is 31.7 Å². The van der Waals surface area contributed by atoms with E-state index < -0.39 is 24.0 Å². The fraction of sp³-hybridized carbons (Fsp3) is 0.222. The number of hydrogen-bond donors (Lipinski definition) is 3. The molecule has 0 saturated carbocycles. The molecule has 3 aromatic carbocycles. The Morgan fingerprint density at radius 2 is 1.63 bits per heavy atom. The largest absolute Gasteiger partial charge is 0.481 e. The molecule has 4 rings (SSSR count). The minimum atomic E-state index is -1.09. The number of aliphatic carboxylic acids is 1. The molecule has 3 aromatic rings. The maximum atomic E-state index is 12.9. The Balaban J connectivity index is 1.43. The minimum absolute atomic E-state index is 0.0853. The van der Waals surface area contributed by atoms with Crippen LogP contribution in [0.1, 0.15) is 35.4 Å². The highest BCUT2D eigenvalue weighted by molar-refractivity contribution is 6.30. The van der Waals surface area contributed by atoms with E-state index in [-0.39, 0.29) is 25.4 Å². The fourth-order valence-corrected chi connectivity index (χ4v) is 4.53. The number of carbonyl (C=O) groups excluding carboxylic acids is 2. The van der Waals surface area contributed by atoms with Gasteiger partial charge < -0.3 is 20.5 Å². The number of anilines is 1. The number of hydrogen-bond acceptors (Lipinski definition) is 4. The summed E-state index contributed by atoms with van der Waals surface area (Å²) < 4.78 is 5.52. The van der Waals surface area contributed by atoms with Gasteiger partial charge in [0.05, 0.1) is 0 Å². The van der Waals surface area contributed by atoms with Crippen molar-refractivity contribution in [1.29, 1.82) is 0 Å². The van der Waals surface area contributed by atoms with E-state index in [1.807, 2.05) is 48.5 Å². The quantitative estimate of drug-likeness (QED) is 0.392. The molecule has 0 aliphatic heterocycles. The van der Waals surface area contributed by atoms with Gasteiger partial charge in [-0.25, -0.2) is 4.79 Å². The standard InChI is InChI=1S/C27H25ClN2O5/c1-16-14-17(28)10-11-23(16)29-26(33)24(12-13-25(31)32)30-27(34)35-15-22-20-8-4-2-6-18(20)19-7-3-5-9-21(19)22/h2-11,14,22,24H,12-13,15H2,1H3,(H,29,33)(H,30,34)(H,31,32). The van der Waals surface area contributed by atoms with Crippen LogP contribution in [0.2, 0.25) is 5.02 Å². The molecule has 1 aliphatic rings. The van der Waals surface area contributed by atoms with Crippen LogP contribution in [0.4, 0.5) is 10.5 Å². The van der Waals surface area contributed by atoms with Gasteiger partial charge in [-0.2, -0.15) is 0 Å². The molecule has 1 atom stereocenters. The van der Waals surface area contributed by atoms with E-state index in [2.05, 4.69) is 10.6 Å². The Labute approximate surface area is 208 Å². The summed E-state index contributed by atoms with van der Waals surface area (Å²) in [6.45, 7) is 1.87. The molecule has 1 unspecified atom stereocenters. The highest BCUT2D eigenvalue weighted by Crippen LogP contribution is 2.44. The van der Waals surface area contributed by atoms with Crippen LogP contribution in [0.25, 0.3) is 11.1 Å². The monoisotopic (exact) mass is 492 g/mol. The smallest absolute Gasteiger partial charge is 0.407 e. The number of rotatable bonds is 8. The molecule has 3 N–H and O–H groups in total. The van der Waals surface area contributed by atoms with Crippen molar-refractivity contribution in [1.82, 2.24) is 5.32 Å². The number of fused-ring (bicyclic) bond motifs is 3. The third kappa shape index (κ3) is 5.63. The molecule has 0 radical (unpaired) electrons. The number of nitrogens with one attached hydrogen (secondary N) is 2. The molecule has 0 bridgehead atoms. The lowest BCUT2D eigenvalue weighted by Gasteiger charge is -2.20. The first kappa shape index (κ1) is 24.3. The van der Waals surface area contributed by atoms with Gasteiger partial charge in [0.1, 0.15) is 12.6 Å². The van der Waals surface area contributed by atoms with Crippen molar-refractivity contribution in [2.24, 2.45) is 0 Å². The summed E-state index contributed by atoms with van der Waals surface area (Å²) in [6.07, 6.45) is -1.16. The van der Waals surface area contributed by atoms with Gasteiger partial charge in [-0.3, -0.25) is 9.59 Å². The molecule has 0 heterocycles. The summed E-state index contributed by atoms with van der Waals surface area (Å²) >= 11 is 5.97. The van der Waals surface area contributed by atoms with Crippen LogP contribution in [0, 0.1) is 6.92 Å². The summed E-state index contributed by atoms with van der Waals surface area (Å²) in [4.78, 5) is 36.7. The molecule has 180 valence electrons. The Morgan fingerprint density at radius 1 is 1.00 bits per heavy atom. The molecule has 7 nitrogen and oxygen atoms in total. The second-order valence-electron chi connectivity index (χ2n) is 8.40. The number of amides is 2. The predicted octanol–water partition coefficient (Wildman–Crippen LogP) is 5.36. The summed E-state index contributed by atoms with van der Waals surface area (Å²) in [6, 6.07) is 19.8. The highest BCUT2D eigenvalue weighted by atomic mass is 35.5. The van der Waals surface area contributed by atoms with E-state index in [1.54, 1.807) is 25.1 Å². The number of carbonyl (C=O) groups is 3. The van der Waals surface area contributed by atoms with Crippen LogP contribution in [0.3, 0.4) is 0 Å². The number of carboxylic acids is 1. The summed E-state index contributed by atoms with van der Waals surface area (Å²) in [5, 5.41) is 14.9. The number of alkyl carbamates (subject to hydrolysis) is 1. The van der Waals surface area contributed by atoms with Crippen molar-refractivity contribution in [3.8, 4) is 11.1 Å². The van der Waals surface area contributed by atoms with Crippen LogP contribution in [0.15, 0.2) is 66.7 Å². The zero-order chi connectivity index (χ0) is 24.9. The average molecular weight is 493 g/mol. The molecular formula is C27H25ClN2O5. The lowest BCUT2D eigenvalue weighted by Crippen LogP contribution is -2.44. The van der Waals surface area contributed by atoms with Crippen LogP contribution in [-0.4, -0.2) is 35.7 Å². The zero-order valence-electron chi connectivity index (χ0n) is 19.1. The molecular weight excluding hydrogens is 468 g/mol. The Bertz CT molecular complexity index is 1230. The van der Waals surface area contributed by atoms with Crippen LogP contribution in [0.5, 0.6) is 0 Å². The Kier molecular flexibility index (Phi) is 7.36. The topological polar surface area (TPSA) is 105 Å². The normalized spacial score (nSPS) is 12.9. The molecule has 0 aromatic heterocycles. The number of ether oxygens (including phenoxy) is 1. The van der Waals surface area contributed by atoms with Gasteiger partial charge in [0.25, 0.3) is 0 Å². The van der Waals surface area contributed by atoms with E-state index in [0.29, 0.717) is 10.7 Å². The minimum Gasteiger partial charge on any atom is -0.481 e. The number of aryl methyl sites for hydroxylation is 1. The molecule has 2 amide bonds. The Hall–Kier alpha value is -3.84. The second kappa shape index (κ2) is 10.6. The van der Waals surface area contributed by atoms with E-state index >= 15 is 0 Å². The molecule has 0 spiro atoms. The van der Waals surface area contributed by atoms with E-state index in [0.717, 1.165) is 27.8 Å². The number of halogens is 1. The number of carboxylic acid groups (broad SMARTS) is 1. The first-order valence-corrected chi connectivity index (χ1v) is 11.6. The first-order valence-electron chi connectivity index (χ1n) is 11.2. The summed E-state index contributed by atoms with van der Waals surface area (Å²) in [5.41, 5.74) is 5.61. The zero-order valence-corrected chi connectivity index (χ0v) is 19.8. The lowest BCUT2D eigenvalue weighted by molar-refractivity contribution is -0.137. The SMILES string of the molecule is Cc1cc(Cl)ccc1NC(=O)C(CCC(=O)O)NC(=O)OCC1c2ccccc2-c2ccccc21. The van der Waals surface area contributed by atoms with Gasteiger partial charge in [-0.05, 0) is 59.4 Å². The number of benzene rings is 3. The van der Waals surface area contributed by atoms with E-state index in [1.165, 1.54) is 0 Å². The Morgan fingerprint density at radius 3 is 2.23 bits per heavy atom. The molecule has 1 aliphatic carbocycles. The highest BCUT2D eigenvalue weighted by Gasteiger charge is 2.30. The van der Waals surface area contributed by atoms with Crippen molar-refractivity contribution in [2.75, 3.05) is 11.9 Å². The van der Waals surface area contributed by atoms with E-state index in [9.17, 15) is 14.4 Å². The third-order valence-corrected chi connectivity index (χ3v) is 6.28. The van der Waals surface area contributed by atoms with Gasteiger partial charge in [-0.1, -0.05) is 60.1 Å². The van der Waals surface area contributed by atoms with Gasteiger partial charge in [0.15, 0.2) is 0 Å². The van der Waals surface area contributed by atoms with Gasteiger partial charge in [0.2, 0.25) is 5.91 Å². The van der Waals surface area contributed by atoms with E-state index in [4.69, 9.17) is 21.4 Å². The fourth-order valence-electron chi connectivity index (χ4n) is 4.31. The molecule has 0 fully saturated rings. The molecule has 35 heavy (non-hydrogen) atoms. The van der Waals surface area contributed by atoms with Crippen LogP contribution in [-0.2, 0) is 14.3 Å². The predicted molar refractivity (Wildman–Crippen MR) is 134 cm³/mol. The molecule has 0 saturated heterocycles. The first-order chi connectivity index (χ1) is 16.8. The van der Waals surface area contributed by atoms with Crippen LogP contribution < -0.4 is 10.6 Å². The lowest BCUT2D eigenvalue weighted by atomic mass is 9.98. The van der Waals surface area contributed by atoms with Gasteiger partial charge >= 0.3 is 12.1 Å². The molecule has 8 heteroatoms. The van der Waals surface area contributed by atoms with Gasteiger partial charge in [-0.15, -0.1) is 0 Å². The second-order valence-corrected chi connectivity index (χ2v) is 8.84. The summed E-state index contributed by atoms with van der Waals surface area (Å²) in [7, 11) is 0. The van der Waals surface area contributed by atoms with Crippen molar-refractivity contribution in [3.05, 3.63) is 88.4 Å². The maximum absolute atomic E-state index is 12.9. The summed E-state index contributed by atoms with van der Waals surface area (Å²) in [5.74, 6) is -1.74. The van der Waals surface area contributed by atoms with Crippen molar-refractivity contribution < 1.29 is 24.2 Å². The average Bonchev–Trinajstić information content (AvgIpc) is 3.15. The van der Waals surface area contributed by atoms with Gasteiger partial charge in [0, 0.05) is 23.0 Å². The van der Waals surface area contributed by atoms with Crippen molar-refractivity contribution in [3.63, 3.8) is 0 Å². The third-order valence-electron chi connectivity index (χ3n) is 6.05. The van der Waals surface area contributed by atoms with Crippen molar-refractivity contribution >= 4 is 35.3 Å².